The zero-order chi connectivity index (χ0) is 26.7. The molecule has 0 atom stereocenters. The molecule has 0 saturated carbocycles. The Kier molecular flexibility index (Phi) is 14.9. The molecule has 0 saturated heterocycles. The molecule has 4 nitrogen and oxygen atoms in total. The lowest BCUT2D eigenvalue weighted by Gasteiger charge is -2.06. The summed E-state index contributed by atoms with van der Waals surface area (Å²) in [5, 5.41) is 0. The Morgan fingerprint density at radius 1 is 0.500 bits per heavy atom. The molecule has 1 aromatic carbocycles. The summed E-state index contributed by atoms with van der Waals surface area (Å²) in [6, 6.07) is 8.93. The van der Waals surface area contributed by atoms with Gasteiger partial charge in [-0.25, -0.2) is 18.3 Å². The van der Waals surface area contributed by atoms with Crippen LogP contribution in [0, 0.1) is 0 Å². The summed E-state index contributed by atoms with van der Waals surface area (Å²) in [7, 11) is 0. The first-order valence-electron chi connectivity index (χ1n) is 15.9. The fourth-order valence-corrected chi connectivity index (χ4v) is 5.45. The third-order valence-corrected chi connectivity index (χ3v) is 7.86. The monoisotopic (exact) mass is 520 g/mol. The molecule has 3 rings (SSSR count). The maximum atomic E-state index is 2.36. The molecule has 3 aromatic rings. The minimum absolute atomic E-state index is 0.931. The SMILES string of the molecule is CCCCCCCCCCn1cc[n+](Cc2ccccc2C[n+]2ccn(CCCCCCCCCC)c2)c1. The van der Waals surface area contributed by atoms with Crippen LogP contribution in [0.15, 0.2) is 61.7 Å². The first kappa shape index (κ1) is 30.2. The van der Waals surface area contributed by atoms with E-state index in [1.54, 1.807) is 0 Å². The van der Waals surface area contributed by atoms with Gasteiger partial charge in [0.2, 0.25) is 12.7 Å². The summed E-state index contributed by atoms with van der Waals surface area (Å²) < 4.78 is 9.39. The highest BCUT2D eigenvalue weighted by molar-refractivity contribution is 5.25. The van der Waals surface area contributed by atoms with Crippen molar-refractivity contribution in [1.29, 1.82) is 0 Å². The van der Waals surface area contributed by atoms with E-state index in [0.717, 1.165) is 26.2 Å². The fraction of sp³-hybridized carbons (Fsp3) is 0.647. The molecule has 4 heteroatoms. The molecule has 0 N–H and O–H groups in total. The van der Waals surface area contributed by atoms with Crippen LogP contribution in [0.5, 0.6) is 0 Å². The number of aromatic nitrogens is 4. The summed E-state index contributed by atoms with van der Waals surface area (Å²) in [5.74, 6) is 0. The summed E-state index contributed by atoms with van der Waals surface area (Å²) in [6.07, 6.45) is 35.5. The number of nitrogens with zero attached hydrogens (tertiary/aromatic N) is 4. The number of aryl methyl sites for hydroxylation is 2. The van der Waals surface area contributed by atoms with E-state index >= 15 is 0 Å². The molecule has 0 bridgehead atoms. The molecule has 0 unspecified atom stereocenters. The van der Waals surface area contributed by atoms with Gasteiger partial charge in [-0.2, -0.15) is 0 Å². The zero-order valence-electron chi connectivity index (χ0n) is 24.7. The zero-order valence-corrected chi connectivity index (χ0v) is 24.7. The highest BCUT2D eigenvalue weighted by Gasteiger charge is 2.11. The van der Waals surface area contributed by atoms with E-state index in [1.807, 2.05) is 0 Å². The van der Waals surface area contributed by atoms with E-state index < -0.39 is 0 Å². The first-order valence-corrected chi connectivity index (χ1v) is 15.9. The molecule has 0 aliphatic carbocycles. The summed E-state index contributed by atoms with van der Waals surface area (Å²) in [4.78, 5) is 0. The minimum Gasteiger partial charge on any atom is -0.237 e. The van der Waals surface area contributed by atoms with Crippen LogP contribution in [0.3, 0.4) is 0 Å². The Bertz CT molecular complexity index is 907. The molecule has 38 heavy (non-hydrogen) atoms. The van der Waals surface area contributed by atoms with E-state index in [9.17, 15) is 0 Å². The summed E-state index contributed by atoms with van der Waals surface area (Å²) in [5.41, 5.74) is 2.82. The number of imidazole rings is 2. The van der Waals surface area contributed by atoms with Crippen LogP contribution in [-0.2, 0) is 26.2 Å². The molecular formula is C34H56N4+2. The molecular weight excluding hydrogens is 464 g/mol. The predicted molar refractivity (Wildman–Crippen MR) is 159 cm³/mol. The number of hydrogen-bond donors (Lipinski definition) is 0. The van der Waals surface area contributed by atoms with Crippen LogP contribution in [0.2, 0.25) is 0 Å². The molecule has 0 fully saturated rings. The number of unbranched alkanes of at least 4 members (excludes halogenated alkanes) is 14. The van der Waals surface area contributed by atoms with Crippen LogP contribution in [0.25, 0.3) is 0 Å². The Labute approximate surface area is 233 Å². The van der Waals surface area contributed by atoms with Crippen LogP contribution in [-0.4, -0.2) is 9.13 Å². The molecule has 210 valence electrons. The molecule has 0 aliphatic rings. The molecule has 0 amide bonds. The lowest BCUT2D eigenvalue weighted by Crippen LogP contribution is -2.35. The third kappa shape index (κ3) is 12.0. The maximum absolute atomic E-state index is 2.36. The highest BCUT2D eigenvalue weighted by Crippen LogP contribution is 2.11. The van der Waals surface area contributed by atoms with Crippen molar-refractivity contribution in [2.75, 3.05) is 0 Å². The largest absolute Gasteiger partial charge is 0.244 e. The normalized spacial score (nSPS) is 11.4. The predicted octanol–water partition coefficient (Wildman–Crippen LogP) is 8.24. The Hall–Kier alpha value is -2.36. The van der Waals surface area contributed by atoms with Crippen molar-refractivity contribution in [3.8, 4) is 0 Å². The summed E-state index contributed by atoms with van der Waals surface area (Å²) >= 11 is 0. The second-order valence-electron chi connectivity index (χ2n) is 11.4. The van der Waals surface area contributed by atoms with Crippen molar-refractivity contribution in [1.82, 2.24) is 9.13 Å². The standard InChI is InChI=1S/C34H56N4/c1-3-5-7-9-11-13-15-19-23-35-25-27-37(31-35)29-33-21-17-18-22-34(33)30-38-28-26-36(32-38)24-20-16-14-12-10-8-6-4-2/h17-18,21-22,25-28,31-32H,3-16,19-20,23-24,29-30H2,1-2H3/q+2. The van der Waals surface area contributed by atoms with Gasteiger partial charge in [-0.3, -0.25) is 0 Å². The molecule has 2 aromatic heterocycles. The molecule has 0 radical (unpaired) electrons. The Morgan fingerprint density at radius 3 is 1.26 bits per heavy atom. The van der Waals surface area contributed by atoms with E-state index in [4.69, 9.17) is 0 Å². The van der Waals surface area contributed by atoms with E-state index in [-0.39, 0.29) is 0 Å². The molecule has 0 spiro atoms. The third-order valence-electron chi connectivity index (χ3n) is 7.86. The lowest BCUT2D eigenvalue weighted by atomic mass is 10.1. The van der Waals surface area contributed by atoms with Gasteiger partial charge in [-0.05, 0) is 25.7 Å². The van der Waals surface area contributed by atoms with E-state index in [1.165, 1.54) is 114 Å². The van der Waals surface area contributed by atoms with Gasteiger partial charge in [0.15, 0.2) is 0 Å². The van der Waals surface area contributed by atoms with Gasteiger partial charge in [0.25, 0.3) is 0 Å². The van der Waals surface area contributed by atoms with Crippen molar-refractivity contribution < 1.29 is 9.13 Å². The van der Waals surface area contributed by atoms with Crippen LogP contribution < -0.4 is 9.13 Å². The van der Waals surface area contributed by atoms with E-state index in [2.05, 4.69) is 93.8 Å². The average molecular weight is 521 g/mol. The smallest absolute Gasteiger partial charge is 0.237 e. The van der Waals surface area contributed by atoms with Gasteiger partial charge >= 0.3 is 0 Å². The lowest BCUT2D eigenvalue weighted by molar-refractivity contribution is -0.693. The van der Waals surface area contributed by atoms with Crippen molar-refractivity contribution in [3.63, 3.8) is 0 Å². The first-order chi connectivity index (χ1) is 18.8. The van der Waals surface area contributed by atoms with Gasteiger partial charge in [0.05, 0.1) is 13.1 Å². The molecule has 0 aliphatic heterocycles. The van der Waals surface area contributed by atoms with Crippen LogP contribution >= 0.6 is 0 Å². The van der Waals surface area contributed by atoms with Gasteiger partial charge in [-0.15, -0.1) is 0 Å². The number of benzene rings is 1. The quantitative estimate of drug-likeness (QED) is 0.0937. The summed E-state index contributed by atoms with van der Waals surface area (Å²) in [6.45, 7) is 8.70. The maximum Gasteiger partial charge on any atom is 0.244 e. The minimum atomic E-state index is 0.931. The van der Waals surface area contributed by atoms with Crippen LogP contribution in [0.1, 0.15) is 128 Å². The second kappa shape index (κ2) is 18.8. The van der Waals surface area contributed by atoms with Gasteiger partial charge in [-0.1, -0.05) is 115 Å². The second-order valence-corrected chi connectivity index (χ2v) is 11.4. The van der Waals surface area contributed by atoms with Gasteiger partial charge in [0.1, 0.15) is 37.9 Å². The van der Waals surface area contributed by atoms with Crippen molar-refractivity contribution in [2.24, 2.45) is 0 Å². The molecule has 2 heterocycles. The van der Waals surface area contributed by atoms with Crippen molar-refractivity contribution in [3.05, 3.63) is 72.8 Å². The van der Waals surface area contributed by atoms with Gasteiger partial charge < -0.3 is 0 Å². The highest BCUT2D eigenvalue weighted by atomic mass is 15.1. The number of rotatable bonds is 22. The van der Waals surface area contributed by atoms with Crippen LogP contribution in [0.4, 0.5) is 0 Å². The number of hydrogen-bond acceptors (Lipinski definition) is 0. The van der Waals surface area contributed by atoms with Crippen molar-refractivity contribution in [2.45, 2.75) is 143 Å². The fourth-order valence-electron chi connectivity index (χ4n) is 5.45. The Morgan fingerprint density at radius 2 is 0.868 bits per heavy atom. The van der Waals surface area contributed by atoms with Gasteiger partial charge in [0, 0.05) is 11.1 Å². The Balaban J connectivity index is 1.38. The van der Waals surface area contributed by atoms with E-state index in [0.29, 0.717) is 0 Å². The van der Waals surface area contributed by atoms with Crippen molar-refractivity contribution >= 4 is 0 Å². The topological polar surface area (TPSA) is 17.6 Å². The average Bonchev–Trinajstić information content (AvgIpc) is 3.57.